The molecule has 8 aromatic carbocycles. The van der Waals surface area contributed by atoms with Crippen molar-refractivity contribution in [1.82, 2.24) is 15.0 Å². The molecule has 1 unspecified atom stereocenters. The molecule has 0 N–H and O–H groups in total. The van der Waals surface area contributed by atoms with E-state index in [1.54, 1.807) is 0 Å². The normalized spacial score (nSPS) is 13.6. The first-order valence-electron chi connectivity index (χ1n) is 19.9. The molecule has 0 fully saturated rings. The zero-order valence-corrected chi connectivity index (χ0v) is 31.7. The Morgan fingerprint density at radius 2 is 0.966 bits per heavy atom. The van der Waals surface area contributed by atoms with Gasteiger partial charge in [-0.25, -0.2) is 15.0 Å². The molecule has 11 rings (SSSR count). The van der Waals surface area contributed by atoms with Gasteiger partial charge in [-0.3, -0.25) is 0 Å². The summed E-state index contributed by atoms with van der Waals surface area (Å²) >= 11 is 0. The average Bonchev–Trinajstić information content (AvgIpc) is 3.60. The minimum absolute atomic E-state index is 0.327. The van der Waals surface area contributed by atoms with E-state index in [9.17, 15) is 0 Å². The summed E-state index contributed by atoms with van der Waals surface area (Å²) < 4.78 is 6.54. The molecule has 0 aliphatic heterocycles. The smallest absolute Gasteiger partial charge is 0.164 e. The van der Waals surface area contributed by atoms with Crippen molar-refractivity contribution in [2.45, 2.75) is 18.8 Å². The van der Waals surface area contributed by atoms with Crippen LogP contribution in [-0.4, -0.2) is 15.0 Å². The quantitative estimate of drug-likeness (QED) is 0.170. The van der Waals surface area contributed by atoms with Crippen molar-refractivity contribution in [3.63, 3.8) is 0 Å². The van der Waals surface area contributed by atoms with Crippen molar-refractivity contribution in [2.24, 2.45) is 0 Å². The second-order valence-corrected chi connectivity index (χ2v) is 15.1. The average molecular weight is 744 g/mol. The summed E-state index contributed by atoms with van der Waals surface area (Å²) in [5, 5.41) is 2.01. The highest BCUT2D eigenvalue weighted by Crippen LogP contribution is 2.44. The summed E-state index contributed by atoms with van der Waals surface area (Å²) in [6, 6.07) is 68.6. The summed E-state index contributed by atoms with van der Waals surface area (Å²) in [6.45, 7) is 0. The van der Waals surface area contributed by atoms with E-state index >= 15 is 0 Å². The molecule has 10 aromatic rings. The monoisotopic (exact) mass is 743 g/mol. The molecule has 2 aromatic heterocycles. The van der Waals surface area contributed by atoms with Crippen LogP contribution < -0.4 is 0 Å². The highest BCUT2D eigenvalue weighted by molar-refractivity contribution is 6.12. The van der Waals surface area contributed by atoms with Crippen LogP contribution in [0.5, 0.6) is 0 Å². The van der Waals surface area contributed by atoms with E-state index in [-0.39, 0.29) is 0 Å². The fourth-order valence-electron chi connectivity index (χ4n) is 8.74. The van der Waals surface area contributed by atoms with Crippen LogP contribution in [-0.2, 0) is 6.42 Å². The third-order valence-corrected chi connectivity index (χ3v) is 11.6. The van der Waals surface area contributed by atoms with Gasteiger partial charge in [0.05, 0.1) is 0 Å². The highest BCUT2D eigenvalue weighted by atomic mass is 16.3. The van der Waals surface area contributed by atoms with Gasteiger partial charge in [0.2, 0.25) is 0 Å². The van der Waals surface area contributed by atoms with Crippen molar-refractivity contribution < 1.29 is 4.42 Å². The topological polar surface area (TPSA) is 51.8 Å². The van der Waals surface area contributed by atoms with Gasteiger partial charge in [0.25, 0.3) is 0 Å². The molecule has 4 heteroatoms. The Bertz CT molecular complexity index is 3100. The predicted molar refractivity (Wildman–Crippen MR) is 236 cm³/mol. The predicted octanol–water partition coefficient (Wildman–Crippen LogP) is 13.9. The summed E-state index contributed by atoms with van der Waals surface area (Å²) in [5.74, 6) is 2.17. The van der Waals surface area contributed by atoms with Gasteiger partial charge in [-0.05, 0) is 87.2 Å². The van der Waals surface area contributed by atoms with E-state index in [0.717, 1.165) is 62.6 Å². The summed E-state index contributed by atoms with van der Waals surface area (Å²) in [4.78, 5) is 15.3. The van der Waals surface area contributed by atoms with E-state index in [1.807, 2.05) is 48.5 Å². The van der Waals surface area contributed by atoms with E-state index in [0.29, 0.717) is 23.4 Å². The Morgan fingerprint density at radius 1 is 0.397 bits per heavy atom. The zero-order chi connectivity index (χ0) is 38.4. The number of aromatic nitrogens is 3. The first-order chi connectivity index (χ1) is 28.7. The molecule has 274 valence electrons. The number of aryl methyl sites for hydroxylation is 1. The van der Waals surface area contributed by atoms with Gasteiger partial charge < -0.3 is 4.42 Å². The van der Waals surface area contributed by atoms with Gasteiger partial charge in [-0.1, -0.05) is 170 Å². The van der Waals surface area contributed by atoms with Gasteiger partial charge >= 0.3 is 0 Å². The van der Waals surface area contributed by atoms with Crippen LogP contribution >= 0.6 is 0 Å². The van der Waals surface area contributed by atoms with Crippen LogP contribution in [0.25, 0.3) is 89.5 Å². The van der Waals surface area contributed by atoms with Crippen molar-refractivity contribution in [1.29, 1.82) is 0 Å². The molecule has 0 saturated carbocycles. The summed E-state index contributed by atoms with van der Waals surface area (Å²) in [7, 11) is 0. The third-order valence-electron chi connectivity index (χ3n) is 11.6. The second-order valence-electron chi connectivity index (χ2n) is 15.1. The standard InChI is InChI=1S/C54H37N3O/c1-4-13-35(14-5-1)36-23-25-40(26-24-36)53-55-52(39-18-8-3-9-19-39)56-54(57-53)46-21-12-22-50-51(46)48-34-42(29-32-49(48)58-50)41-28-31-45-44(37-15-6-2-7-16-37)30-27-38-17-10-11-20-43(38)47(45)33-41/h1-26,28-29,31-34,44H,27,30H2. The molecule has 2 heterocycles. The first kappa shape index (κ1) is 33.9. The number of nitrogens with zero attached hydrogens (tertiary/aromatic N) is 3. The molecule has 1 aliphatic rings. The largest absolute Gasteiger partial charge is 0.456 e. The number of rotatable bonds is 6. The van der Waals surface area contributed by atoms with Crippen LogP contribution in [0.3, 0.4) is 0 Å². The van der Waals surface area contributed by atoms with Crippen molar-refractivity contribution in [2.75, 3.05) is 0 Å². The maximum Gasteiger partial charge on any atom is 0.164 e. The molecule has 0 amide bonds. The lowest BCUT2D eigenvalue weighted by Crippen LogP contribution is -2.02. The molecule has 4 nitrogen and oxygen atoms in total. The lowest BCUT2D eigenvalue weighted by atomic mass is 9.84. The van der Waals surface area contributed by atoms with Crippen molar-refractivity contribution in [3.05, 3.63) is 211 Å². The Kier molecular flexibility index (Phi) is 8.32. The molecule has 0 radical (unpaired) electrons. The van der Waals surface area contributed by atoms with Crippen LogP contribution in [0.4, 0.5) is 0 Å². The molecular weight excluding hydrogens is 707 g/mol. The summed E-state index contributed by atoms with van der Waals surface area (Å²) in [5.41, 5.74) is 15.8. The van der Waals surface area contributed by atoms with Gasteiger partial charge in [0, 0.05) is 33.4 Å². The van der Waals surface area contributed by atoms with Crippen LogP contribution in [0.2, 0.25) is 0 Å². The number of furan rings is 1. The maximum atomic E-state index is 6.54. The molecule has 0 saturated heterocycles. The Labute approximate surface area is 337 Å². The van der Waals surface area contributed by atoms with Crippen LogP contribution in [0.15, 0.2) is 199 Å². The number of benzene rings is 8. The Balaban J connectivity index is 1.05. The van der Waals surface area contributed by atoms with Gasteiger partial charge in [0.15, 0.2) is 17.5 Å². The van der Waals surface area contributed by atoms with E-state index in [2.05, 4.69) is 146 Å². The molecule has 1 aliphatic carbocycles. The third kappa shape index (κ3) is 6.07. The summed E-state index contributed by atoms with van der Waals surface area (Å²) in [6.07, 6.45) is 2.12. The van der Waals surface area contributed by atoms with Gasteiger partial charge in [-0.15, -0.1) is 0 Å². The van der Waals surface area contributed by atoms with Crippen molar-refractivity contribution >= 4 is 21.9 Å². The lowest BCUT2D eigenvalue weighted by Gasteiger charge is -2.19. The molecule has 0 bridgehead atoms. The first-order valence-corrected chi connectivity index (χ1v) is 19.9. The molecule has 58 heavy (non-hydrogen) atoms. The highest BCUT2D eigenvalue weighted by Gasteiger charge is 2.25. The lowest BCUT2D eigenvalue weighted by molar-refractivity contribution is 0.669. The second kappa shape index (κ2) is 14.3. The Hall–Kier alpha value is -7.43. The fraction of sp³-hybridized carbons (Fsp3) is 0.0556. The van der Waals surface area contributed by atoms with E-state index in [1.165, 1.54) is 38.9 Å². The van der Waals surface area contributed by atoms with Gasteiger partial charge in [0.1, 0.15) is 11.2 Å². The minimum atomic E-state index is 0.327. The molecule has 1 atom stereocenters. The van der Waals surface area contributed by atoms with Gasteiger partial charge in [-0.2, -0.15) is 0 Å². The van der Waals surface area contributed by atoms with E-state index in [4.69, 9.17) is 19.4 Å². The number of fused-ring (bicyclic) bond motifs is 6. The van der Waals surface area contributed by atoms with Crippen LogP contribution in [0, 0.1) is 0 Å². The minimum Gasteiger partial charge on any atom is -0.456 e. The van der Waals surface area contributed by atoms with Crippen LogP contribution in [0.1, 0.15) is 29.0 Å². The zero-order valence-electron chi connectivity index (χ0n) is 31.7. The fourth-order valence-corrected chi connectivity index (χ4v) is 8.74. The van der Waals surface area contributed by atoms with E-state index < -0.39 is 0 Å². The maximum absolute atomic E-state index is 6.54. The number of hydrogen-bond donors (Lipinski definition) is 0. The Morgan fingerprint density at radius 3 is 1.74 bits per heavy atom. The SMILES string of the molecule is c1ccc(-c2ccc(-c3nc(-c4ccccc4)nc(-c4cccc5oc6ccc(-c7ccc8c(c7)-c7ccccc7CCC8c7ccccc7)cc6c45)n3)cc2)cc1. The molecular formula is C54H37N3O. The van der Waals surface area contributed by atoms with Crippen molar-refractivity contribution in [3.8, 4) is 67.5 Å². The number of hydrogen-bond acceptors (Lipinski definition) is 4. The molecule has 0 spiro atoms.